The van der Waals surface area contributed by atoms with E-state index in [2.05, 4.69) is 54.0 Å². The van der Waals surface area contributed by atoms with Crippen LogP contribution in [0.3, 0.4) is 0 Å². The Balaban J connectivity index is 0.791. The van der Waals surface area contributed by atoms with Crippen LogP contribution in [0, 0.1) is 20.8 Å². The molecule has 2 N–H and O–H groups in total. The van der Waals surface area contributed by atoms with E-state index in [-0.39, 0.29) is 42.6 Å². The number of ketones is 2. The third-order valence-electron chi connectivity index (χ3n) is 11.6. The molecule has 1 saturated carbocycles. The fraction of sp³-hybridized carbons (Fsp3) is 0.500. The lowest BCUT2D eigenvalue weighted by Gasteiger charge is -2.35. The number of amides is 2. The van der Waals surface area contributed by atoms with E-state index in [1.54, 1.807) is 17.5 Å². The van der Waals surface area contributed by atoms with E-state index in [0.29, 0.717) is 30.2 Å². The lowest BCUT2D eigenvalue weighted by Crippen LogP contribution is -2.47. The highest BCUT2D eigenvalue weighted by atomic mass is 35.5. The normalized spacial score (nSPS) is 18.2. The molecule has 0 spiro atoms. The molecule has 1 aromatic carbocycles. The molecule has 15 heteroatoms. The topological polar surface area (TPSA) is 155 Å². The third kappa shape index (κ3) is 10.5. The second kappa shape index (κ2) is 19.5. The number of carbonyl (C=O) groups excluding carboxylic acids is 4. The zero-order valence-corrected chi connectivity index (χ0v) is 35.8. The summed E-state index contributed by atoms with van der Waals surface area (Å²) in [5, 5.41) is 16.6. The number of hydrogen-bond acceptors (Lipinski definition) is 11. The molecule has 1 aliphatic carbocycles. The van der Waals surface area contributed by atoms with Crippen LogP contribution < -0.4 is 15.5 Å². The number of Topliss-reactive ketones (excluding diaryl/α,β-unsaturated/α-hetero) is 2. The van der Waals surface area contributed by atoms with Crippen LogP contribution in [-0.2, 0) is 25.6 Å². The molecule has 2 amide bonds. The quantitative estimate of drug-likeness (QED) is 0.0990. The number of fused-ring (bicyclic) bond motifs is 3. The summed E-state index contributed by atoms with van der Waals surface area (Å²) in [6, 6.07) is 10.5. The predicted octanol–water partition coefficient (Wildman–Crippen LogP) is 6.21. The minimum Gasteiger partial charge on any atom is -0.356 e. The number of pyridine rings is 1. The SMILES string of the molecule is Cc1sc2c(c1C)C(c1ccc(Cl)cc1)=N[C@@H](CC(=O)NCCCCCCCCN1CCN(c3cc(CC(=O)NC4CCC(=O)CC4=O)ccn3)CC1)c1nnc(C)n1-2. The van der Waals surface area contributed by atoms with Crippen molar-refractivity contribution in [3.8, 4) is 5.00 Å². The summed E-state index contributed by atoms with van der Waals surface area (Å²) in [6.45, 7) is 11.6. The number of aryl methyl sites for hydroxylation is 2. The molecule has 59 heavy (non-hydrogen) atoms. The van der Waals surface area contributed by atoms with Gasteiger partial charge in [-0.2, -0.15) is 0 Å². The van der Waals surface area contributed by atoms with Gasteiger partial charge in [-0.15, -0.1) is 21.5 Å². The van der Waals surface area contributed by atoms with Crippen LogP contribution in [-0.4, -0.2) is 99.1 Å². The van der Waals surface area contributed by atoms with Crippen molar-refractivity contribution in [1.82, 2.24) is 35.3 Å². The maximum Gasteiger partial charge on any atom is 0.225 e. The number of aliphatic imine (C=N–C) groups is 1. The number of rotatable bonds is 16. The summed E-state index contributed by atoms with van der Waals surface area (Å²) in [4.78, 5) is 65.4. The highest BCUT2D eigenvalue weighted by Crippen LogP contribution is 2.39. The molecule has 2 fully saturated rings. The number of piperazine rings is 1. The van der Waals surface area contributed by atoms with E-state index >= 15 is 0 Å². The van der Waals surface area contributed by atoms with Gasteiger partial charge in [-0.3, -0.25) is 33.6 Å². The minimum atomic E-state index is -0.564. The largest absolute Gasteiger partial charge is 0.356 e. The number of benzene rings is 1. The molecule has 2 atom stereocenters. The average molecular weight is 840 g/mol. The lowest BCUT2D eigenvalue weighted by atomic mass is 9.93. The average Bonchev–Trinajstić information content (AvgIpc) is 3.70. The molecule has 5 heterocycles. The van der Waals surface area contributed by atoms with Gasteiger partial charge in [0.15, 0.2) is 11.6 Å². The zero-order valence-electron chi connectivity index (χ0n) is 34.3. The van der Waals surface area contributed by atoms with Gasteiger partial charge in [0.25, 0.3) is 0 Å². The van der Waals surface area contributed by atoms with E-state index in [1.165, 1.54) is 17.7 Å². The first-order valence-corrected chi connectivity index (χ1v) is 22.1. The van der Waals surface area contributed by atoms with Gasteiger partial charge < -0.3 is 15.5 Å². The number of halogens is 1. The molecule has 312 valence electrons. The second-order valence-electron chi connectivity index (χ2n) is 15.9. The van der Waals surface area contributed by atoms with Crippen molar-refractivity contribution in [3.63, 3.8) is 0 Å². The van der Waals surface area contributed by atoms with Crippen molar-refractivity contribution < 1.29 is 19.2 Å². The summed E-state index contributed by atoms with van der Waals surface area (Å²) in [5.74, 6) is 1.82. The maximum absolute atomic E-state index is 13.3. The summed E-state index contributed by atoms with van der Waals surface area (Å²) in [5.41, 5.74) is 4.87. The predicted molar refractivity (Wildman–Crippen MR) is 231 cm³/mol. The van der Waals surface area contributed by atoms with Gasteiger partial charge in [0.2, 0.25) is 11.8 Å². The van der Waals surface area contributed by atoms with E-state index in [9.17, 15) is 19.2 Å². The molecule has 1 saturated heterocycles. The number of anilines is 1. The zero-order chi connectivity index (χ0) is 41.5. The molecule has 4 aromatic rings. The second-order valence-corrected chi connectivity index (χ2v) is 17.6. The number of unbranched alkanes of at least 4 members (excludes halogenated alkanes) is 5. The smallest absolute Gasteiger partial charge is 0.225 e. The summed E-state index contributed by atoms with van der Waals surface area (Å²) in [7, 11) is 0. The lowest BCUT2D eigenvalue weighted by molar-refractivity contribution is -0.134. The van der Waals surface area contributed by atoms with Crippen molar-refractivity contribution in [2.24, 2.45) is 4.99 Å². The highest BCUT2D eigenvalue weighted by molar-refractivity contribution is 7.15. The molecule has 3 aliphatic rings. The number of carbonyl (C=O) groups is 4. The molecule has 7 rings (SSSR count). The maximum atomic E-state index is 13.3. The number of nitrogens with zero attached hydrogens (tertiary/aromatic N) is 7. The molecule has 13 nitrogen and oxygen atoms in total. The van der Waals surface area contributed by atoms with Crippen LogP contribution in [0.5, 0.6) is 0 Å². The summed E-state index contributed by atoms with van der Waals surface area (Å²) in [6.07, 6.45) is 9.40. The Bertz CT molecular complexity index is 2190. The molecular formula is C44H54ClN9O4S. The fourth-order valence-electron chi connectivity index (χ4n) is 8.18. The Labute approximate surface area is 355 Å². The molecular weight excluding hydrogens is 786 g/mol. The van der Waals surface area contributed by atoms with Crippen molar-refractivity contribution in [2.75, 3.05) is 44.2 Å². The fourth-order valence-corrected chi connectivity index (χ4v) is 9.52. The molecule has 2 aliphatic heterocycles. The van der Waals surface area contributed by atoms with Gasteiger partial charge in [0, 0.05) is 66.4 Å². The van der Waals surface area contributed by atoms with E-state index in [0.717, 1.165) is 103 Å². The van der Waals surface area contributed by atoms with Crippen molar-refractivity contribution >= 4 is 57.8 Å². The van der Waals surface area contributed by atoms with Crippen LogP contribution in [0.25, 0.3) is 5.00 Å². The van der Waals surface area contributed by atoms with Gasteiger partial charge in [-0.25, -0.2) is 4.98 Å². The number of thiophene rings is 1. The summed E-state index contributed by atoms with van der Waals surface area (Å²) < 4.78 is 2.07. The summed E-state index contributed by atoms with van der Waals surface area (Å²) >= 11 is 7.94. The Kier molecular flexibility index (Phi) is 14.0. The monoisotopic (exact) mass is 839 g/mol. The first-order valence-electron chi connectivity index (χ1n) is 20.9. The van der Waals surface area contributed by atoms with Crippen LogP contribution in [0.4, 0.5) is 5.82 Å². The minimum absolute atomic E-state index is 0.0420. The van der Waals surface area contributed by atoms with Crippen molar-refractivity contribution in [1.29, 1.82) is 0 Å². The van der Waals surface area contributed by atoms with E-state index < -0.39 is 12.1 Å². The standard InChI is InChI=1S/C44H54ClN9O4S/c1-28-29(2)59-44-41(28)42(32-10-12-33(45)13-11-32)49-36(43-51-50-30(3)54(43)44)27-39(57)47-17-8-6-4-5-7-9-19-52-20-22-53(23-21-52)38-24-31(16-18-46-38)25-40(58)48-35-15-14-34(55)26-37(35)56/h10-13,16,18,24,35-36H,4-9,14-15,17,19-23,25-27H2,1-3H3,(H,47,57)(H,48,58)/t35?,36-/m0/s1. The number of hydrogen-bond donors (Lipinski definition) is 2. The van der Waals surface area contributed by atoms with Gasteiger partial charge in [-0.05, 0) is 82.0 Å². The van der Waals surface area contributed by atoms with Crippen LogP contribution in [0.2, 0.25) is 5.02 Å². The van der Waals surface area contributed by atoms with Crippen molar-refractivity contribution in [2.45, 2.75) is 103 Å². The number of aromatic nitrogens is 4. The van der Waals surface area contributed by atoms with Crippen molar-refractivity contribution in [3.05, 3.63) is 86.4 Å². The van der Waals surface area contributed by atoms with Crippen LogP contribution in [0.15, 0.2) is 47.6 Å². The Morgan fingerprint density at radius 2 is 1.66 bits per heavy atom. The molecule has 3 aromatic heterocycles. The molecule has 1 unspecified atom stereocenters. The highest BCUT2D eigenvalue weighted by Gasteiger charge is 2.33. The van der Waals surface area contributed by atoms with Crippen LogP contribution in [0.1, 0.15) is 109 Å². The van der Waals surface area contributed by atoms with Gasteiger partial charge in [-0.1, -0.05) is 49.4 Å². The first kappa shape index (κ1) is 42.3. The molecule has 0 bridgehead atoms. The molecule has 0 radical (unpaired) electrons. The first-order chi connectivity index (χ1) is 28.5. The van der Waals surface area contributed by atoms with Gasteiger partial charge in [0.05, 0.1) is 31.0 Å². The Morgan fingerprint density at radius 1 is 0.915 bits per heavy atom. The van der Waals surface area contributed by atoms with E-state index in [4.69, 9.17) is 16.6 Å². The Morgan fingerprint density at radius 3 is 2.42 bits per heavy atom. The van der Waals surface area contributed by atoms with Gasteiger partial charge in [0.1, 0.15) is 28.5 Å². The third-order valence-corrected chi connectivity index (χ3v) is 13.1. The van der Waals surface area contributed by atoms with Crippen LogP contribution >= 0.6 is 22.9 Å². The van der Waals surface area contributed by atoms with Gasteiger partial charge >= 0.3 is 0 Å². The van der Waals surface area contributed by atoms with E-state index in [1.807, 2.05) is 43.3 Å². The number of nitrogens with one attached hydrogen (secondary N) is 2. The Hall–Kier alpha value is -4.79.